The maximum Gasteiger partial charge on any atom is 0.252 e. The maximum absolute atomic E-state index is 13.2. The number of hydrogen-bond donors (Lipinski definition) is 2. The second-order valence-electron chi connectivity index (χ2n) is 9.27. The van der Waals surface area contributed by atoms with E-state index in [4.69, 9.17) is 15.8 Å². The second-order valence-corrected chi connectivity index (χ2v) is 9.27. The minimum Gasteiger partial charge on any atom is -0.348 e. The monoisotopic (exact) mass is 371 g/mol. The van der Waals surface area contributed by atoms with E-state index in [0.29, 0.717) is 23.9 Å². The topological polar surface area (TPSA) is 85.8 Å². The number of carbonyl (C=O) groups excluding carboxylic acids is 1. The van der Waals surface area contributed by atoms with Crippen LogP contribution in [0.1, 0.15) is 81.5 Å². The van der Waals surface area contributed by atoms with E-state index in [0.717, 1.165) is 41.7 Å². The number of fused-ring (bicyclic) bond motifs is 1. The molecular weight excluding hydrogens is 338 g/mol. The van der Waals surface area contributed by atoms with Crippen molar-refractivity contribution in [3.05, 3.63) is 23.0 Å². The van der Waals surface area contributed by atoms with Gasteiger partial charge in [0.15, 0.2) is 5.65 Å². The zero-order chi connectivity index (χ0) is 19.9. The number of pyridine rings is 1. The predicted molar refractivity (Wildman–Crippen MR) is 109 cm³/mol. The highest BCUT2D eigenvalue weighted by molar-refractivity contribution is 6.06. The van der Waals surface area contributed by atoms with Gasteiger partial charge in [-0.25, -0.2) is 9.67 Å². The first-order valence-corrected chi connectivity index (χ1v) is 10.0. The van der Waals surface area contributed by atoms with Crippen molar-refractivity contribution in [1.29, 1.82) is 0 Å². The summed E-state index contributed by atoms with van der Waals surface area (Å²) in [5.74, 6) is 0.867. The molecule has 1 saturated carbocycles. The second kappa shape index (κ2) is 7.23. The number of aryl methyl sites for hydroxylation is 1. The highest BCUT2D eigenvalue weighted by atomic mass is 16.1. The molecule has 3 N–H and O–H groups in total. The van der Waals surface area contributed by atoms with Crippen molar-refractivity contribution < 1.29 is 4.79 Å². The zero-order valence-electron chi connectivity index (χ0n) is 17.5. The summed E-state index contributed by atoms with van der Waals surface area (Å²) in [7, 11) is 0. The number of nitrogens with one attached hydrogen (secondary N) is 1. The molecule has 0 radical (unpaired) electrons. The van der Waals surface area contributed by atoms with Crippen LogP contribution in [0, 0.1) is 12.8 Å². The van der Waals surface area contributed by atoms with E-state index < -0.39 is 0 Å². The lowest BCUT2D eigenvalue weighted by Gasteiger charge is -2.21. The van der Waals surface area contributed by atoms with Gasteiger partial charge in [0.2, 0.25) is 0 Å². The van der Waals surface area contributed by atoms with Crippen LogP contribution >= 0.6 is 0 Å². The van der Waals surface area contributed by atoms with Crippen molar-refractivity contribution in [2.24, 2.45) is 11.7 Å². The summed E-state index contributed by atoms with van der Waals surface area (Å²) in [6, 6.07) is 1.95. The Morgan fingerprint density at radius 1 is 1.37 bits per heavy atom. The fourth-order valence-corrected chi connectivity index (χ4v) is 3.59. The Labute approximate surface area is 161 Å². The SMILES string of the molecule is Cc1nn(C(C)(C)C)c2nc(C3CC3)cc(C(=O)NC(CN)CC(C)C)c12. The third-order valence-corrected chi connectivity index (χ3v) is 5.08. The van der Waals surface area contributed by atoms with Gasteiger partial charge in [0.25, 0.3) is 5.91 Å². The van der Waals surface area contributed by atoms with Crippen molar-refractivity contribution in [3.8, 4) is 0 Å². The summed E-state index contributed by atoms with van der Waals surface area (Å²) >= 11 is 0. The molecule has 2 aromatic rings. The molecule has 1 aliphatic carbocycles. The van der Waals surface area contributed by atoms with Gasteiger partial charge in [-0.1, -0.05) is 13.8 Å². The third-order valence-electron chi connectivity index (χ3n) is 5.08. The minimum atomic E-state index is -0.202. The molecule has 1 amide bonds. The normalized spacial score (nSPS) is 16.1. The lowest BCUT2D eigenvalue weighted by molar-refractivity contribution is 0.0935. The lowest BCUT2D eigenvalue weighted by atomic mass is 10.0. The van der Waals surface area contributed by atoms with Gasteiger partial charge in [0, 0.05) is 24.2 Å². The van der Waals surface area contributed by atoms with Gasteiger partial charge < -0.3 is 11.1 Å². The van der Waals surface area contributed by atoms with Gasteiger partial charge >= 0.3 is 0 Å². The van der Waals surface area contributed by atoms with Gasteiger partial charge in [0.05, 0.1) is 22.2 Å². The van der Waals surface area contributed by atoms with E-state index in [9.17, 15) is 4.79 Å². The first-order valence-electron chi connectivity index (χ1n) is 10.0. The summed E-state index contributed by atoms with van der Waals surface area (Å²) in [6.45, 7) is 13.0. The molecule has 1 aliphatic rings. The summed E-state index contributed by atoms with van der Waals surface area (Å²) in [5, 5.41) is 8.72. The molecule has 0 bridgehead atoms. The minimum absolute atomic E-state index is 0.0249. The largest absolute Gasteiger partial charge is 0.348 e. The molecule has 0 spiro atoms. The van der Waals surface area contributed by atoms with E-state index in [2.05, 4.69) is 39.9 Å². The molecule has 6 heteroatoms. The van der Waals surface area contributed by atoms with Crippen LogP contribution in [-0.2, 0) is 5.54 Å². The predicted octanol–water partition coefficient (Wildman–Crippen LogP) is 3.48. The van der Waals surface area contributed by atoms with Crippen molar-refractivity contribution in [1.82, 2.24) is 20.1 Å². The molecule has 1 unspecified atom stereocenters. The third kappa shape index (κ3) is 4.15. The number of amides is 1. The Morgan fingerprint density at radius 2 is 2.04 bits per heavy atom. The molecule has 148 valence electrons. The van der Waals surface area contributed by atoms with Gasteiger partial charge in [-0.2, -0.15) is 5.10 Å². The number of hydrogen-bond acceptors (Lipinski definition) is 4. The highest BCUT2D eigenvalue weighted by Gasteiger charge is 2.30. The van der Waals surface area contributed by atoms with Crippen LogP contribution in [0.4, 0.5) is 0 Å². The molecule has 2 aromatic heterocycles. The Balaban J connectivity index is 2.08. The Morgan fingerprint density at radius 3 is 2.56 bits per heavy atom. The Kier molecular flexibility index (Phi) is 5.30. The van der Waals surface area contributed by atoms with Crippen molar-refractivity contribution in [2.45, 2.75) is 78.3 Å². The van der Waals surface area contributed by atoms with E-state index in [-0.39, 0.29) is 17.5 Å². The molecule has 2 heterocycles. The average Bonchev–Trinajstić information content (AvgIpc) is 3.36. The standard InChI is InChI=1S/C21H33N5O/c1-12(2)9-15(11-22)23-20(27)16-10-17(14-7-8-14)24-19-18(16)13(3)25-26(19)21(4,5)6/h10,12,14-15H,7-9,11,22H2,1-6H3,(H,23,27). The number of rotatable bonds is 6. The van der Waals surface area contributed by atoms with Gasteiger partial charge in [-0.3, -0.25) is 4.79 Å². The molecule has 1 fully saturated rings. The summed E-state index contributed by atoms with van der Waals surface area (Å²) < 4.78 is 1.95. The zero-order valence-corrected chi connectivity index (χ0v) is 17.5. The number of aromatic nitrogens is 3. The first-order chi connectivity index (χ1) is 12.6. The fourth-order valence-electron chi connectivity index (χ4n) is 3.59. The van der Waals surface area contributed by atoms with Gasteiger partial charge in [-0.15, -0.1) is 0 Å². The molecule has 0 aromatic carbocycles. The maximum atomic E-state index is 13.2. The first kappa shape index (κ1) is 19.8. The summed E-state index contributed by atoms with van der Waals surface area (Å²) in [5.41, 5.74) is 9.03. The number of carbonyl (C=O) groups is 1. The Bertz CT molecular complexity index is 842. The van der Waals surface area contributed by atoms with Crippen molar-refractivity contribution in [3.63, 3.8) is 0 Å². The fraction of sp³-hybridized carbons (Fsp3) is 0.667. The van der Waals surface area contributed by atoms with Gasteiger partial charge in [-0.05, 0) is 58.9 Å². The van der Waals surface area contributed by atoms with Crippen LogP contribution < -0.4 is 11.1 Å². The molecule has 3 rings (SSSR count). The summed E-state index contributed by atoms with van der Waals surface area (Å²) in [4.78, 5) is 18.1. The number of nitrogens with zero attached hydrogens (tertiary/aromatic N) is 3. The number of nitrogens with two attached hydrogens (primary N) is 1. The summed E-state index contributed by atoms with van der Waals surface area (Å²) in [6.07, 6.45) is 3.15. The van der Waals surface area contributed by atoms with Crippen LogP contribution in [0.15, 0.2) is 6.07 Å². The van der Waals surface area contributed by atoms with Crippen LogP contribution in [0.5, 0.6) is 0 Å². The van der Waals surface area contributed by atoms with Crippen molar-refractivity contribution >= 4 is 16.9 Å². The van der Waals surface area contributed by atoms with Gasteiger partial charge in [0.1, 0.15) is 0 Å². The van der Waals surface area contributed by atoms with Crippen LogP contribution in [0.3, 0.4) is 0 Å². The lowest BCUT2D eigenvalue weighted by Crippen LogP contribution is -2.41. The molecule has 0 aliphatic heterocycles. The van der Waals surface area contributed by atoms with Crippen molar-refractivity contribution in [2.75, 3.05) is 6.54 Å². The molecule has 0 saturated heterocycles. The average molecular weight is 372 g/mol. The van der Waals surface area contributed by atoms with E-state index in [1.165, 1.54) is 0 Å². The van der Waals surface area contributed by atoms with E-state index in [1.807, 2.05) is 17.7 Å². The Hall–Kier alpha value is -1.95. The molecule has 27 heavy (non-hydrogen) atoms. The quantitative estimate of drug-likeness (QED) is 0.814. The van der Waals surface area contributed by atoms with Crippen LogP contribution in [0.25, 0.3) is 11.0 Å². The van der Waals surface area contributed by atoms with E-state index >= 15 is 0 Å². The smallest absolute Gasteiger partial charge is 0.252 e. The molecule has 6 nitrogen and oxygen atoms in total. The highest BCUT2D eigenvalue weighted by Crippen LogP contribution is 2.41. The van der Waals surface area contributed by atoms with Crippen LogP contribution in [-0.4, -0.2) is 33.3 Å². The van der Waals surface area contributed by atoms with Crippen LogP contribution in [0.2, 0.25) is 0 Å². The molecule has 1 atom stereocenters. The molecular formula is C21H33N5O. The van der Waals surface area contributed by atoms with E-state index in [1.54, 1.807) is 0 Å².